The van der Waals surface area contributed by atoms with Crippen LogP contribution in [0.25, 0.3) is 5.57 Å². The summed E-state index contributed by atoms with van der Waals surface area (Å²) in [6.07, 6.45) is -0.788. The summed E-state index contributed by atoms with van der Waals surface area (Å²) in [5.74, 6) is -0.716. The van der Waals surface area contributed by atoms with Gasteiger partial charge in [0, 0.05) is 10.0 Å². The van der Waals surface area contributed by atoms with Crippen LogP contribution in [0.15, 0.2) is 83.0 Å². The number of cyclic esters (lactones) is 1. The van der Waals surface area contributed by atoms with Gasteiger partial charge in [-0.15, -0.1) is 0 Å². The molecule has 0 bridgehead atoms. The molecule has 0 aliphatic carbocycles. The summed E-state index contributed by atoms with van der Waals surface area (Å²) in [6.45, 7) is 1.96. The number of aryl methyl sites for hydroxylation is 1. The number of nitrogens with zero attached hydrogens (tertiary/aromatic N) is 1. The molecule has 5 nitrogen and oxygen atoms in total. The number of halogens is 1. The van der Waals surface area contributed by atoms with Gasteiger partial charge in [0.1, 0.15) is 5.70 Å². The number of hydrogen-bond acceptors (Lipinski definition) is 5. The first-order chi connectivity index (χ1) is 14.5. The monoisotopic (exact) mass is 461 g/mol. The van der Waals surface area contributed by atoms with E-state index in [1.54, 1.807) is 17.0 Å². The fourth-order valence-electron chi connectivity index (χ4n) is 3.70. The molecule has 30 heavy (non-hydrogen) atoms. The second-order valence-corrected chi connectivity index (χ2v) is 8.04. The van der Waals surface area contributed by atoms with Gasteiger partial charge in [-0.25, -0.2) is 9.59 Å². The Morgan fingerprint density at radius 1 is 0.867 bits per heavy atom. The van der Waals surface area contributed by atoms with Crippen molar-refractivity contribution in [3.63, 3.8) is 0 Å². The van der Waals surface area contributed by atoms with Gasteiger partial charge in [0.05, 0.1) is 11.3 Å². The van der Waals surface area contributed by atoms with Crippen LogP contribution in [0.5, 0.6) is 5.75 Å². The van der Waals surface area contributed by atoms with Crippen molar-refractivity contribution in [1.29, 1.82) is 0 Å². The molecule has 1 unspecified atom stereocenters. The standard InChI is InChI=1S/C24H16BrNO4/c1-14-6-8-15(9-7-14)20-21-24(28)29-19-5-3-2-4-18(19)26(21)22(30-23(20)27)16-10-12-17(25)13-11-16/h2-13,22H,1H3. The molecular formula is C24H16BrNO4. The SMILES string of the molecule is Cc1ccc(C2=C3C(=O)Oc4ccccc4N3C(c3ccc(Br)cc3)OC2=O)cc1. The van der Waals surface area contributed by atoms with Gasteiger partial charge in [-0.05, 0) is 36.8 Å². The normalized spacial score (nSPS) is 17.8. The van der Waals surface area contributed by atoms with Crippen molar-refractivity contribution < 1.29 is 19.1 Å². The number of rotatable bonds is 2. The van der Waals surface area contributed by atoms with E-state index in [1.165, 1.54) is 0 Å². The quantitative estimate of drug-likeness (QED) is 0.390. The summed E-state index contributed by atoms with van der Waals surface area (Å²) in [5, 5.41) is 0. The molecule has 2 aliphatic rings. The van der Waals surface area contributed by atoms with Gasteiger partial charge in [0.2, 0.25) is 6.23 Å². The van der Waals surface area contributed by atoms with Crippen molar-refractivity contribution in [3.05, 3.63) is 99.7 Å². The van der Waals surface area contributed by atoms with Crippen LogP contribution in [0.2, 0.25) is 0 Å². The van der Waals surface area contributed by atoms with Crippen LogP contribution in [0, 0.1) is 6.92 Å². The Balaban J connectivity index is 1.76. The largest absolute Gasteiger partial charge is 0.433 e. The Kier molecular flexibility index (Phi) is 4.44. The number of esters is 2. The lowest BCUT2D eigenvalue weighted by molar-refractivity contribution is -0.145. The number of ether oxygens (including phenoxy) is 2. The molecule has 2 heterocycles. The molecule has 3 aromatic carbocycles. The summed E-state index contributed by atoms with van der Waals surface area (Å²) >= 11 is 3.43. The second kappa shape index (κ2) is 7.15. The molecule has 3 aromatic rings. The van der Waals surface area contributed by atoms with Crippen molar-refractivity contribution in [3.8, 4) is 5.75 Å². The molecule has 2 aliphatic heterocycles. The van der Waals surface area contributed by atoms with Gasteiger partial charge in [-0.1, -0.05) is 70.0 Å². The summed E-state index contributed by atoms with van der Waals surface area (Å²) in [4.78, 5) is 28.0. The molecule has 0 saturated heterocycles. The van der Waals surface area contributed by atoms with Gasteiger partial charge in [0.15, 0.2) is 5.75 Å². The minimum Gasteiger partial charge on any atom is -0.433 e. The molecule has 0 radical (unpaired) electrons. The fourth-order valence-corrected chi connectivity index (χ4v) is 3.97. The molecule has 0 fully saturated rings. The zero-order chi connectivity index (χ0) is 20.8. The van der Waals surface area contributed by atoms with Crippen molar-refractivity contribution >= 4 is 39.1 Å². The van der Waals surface area contributed by atoms with Crippen molar-refractivity contribution in [2.45, 2.75) is 13.2 Å². The third-order valence-corrected chi connectivity index (χ3v) is 5.68. The maximum atomic E-state index is 13.1. The number of hydrogen-bond donors (Lipinski definition) is 0. The number of para-hydroxylation sites is 2. The molecule has 0 aromatic heterocycles. The van der Waals surface area contributed by atoms with Gasteiger partial charge in [0.25, 0.3) is 0 Å². The molecule has 0 amide bonds. The first kappa shape index (κ1) is 18.6. The molecular weight excluding hydrogens is 446 g/mol. The Bertz CT molecular complexity index is 1200. The highest BCUT2D eigenvalue weighted by molar-refractivity contribution is 9.10. The maximum absolute atomic E-state index is 13.1. The summed E-state index contributed by atoms with van der Waals surface area (Å²) in [6, 6.07) is 22.1. The van der Waals surface area contributed by atoms with Gasteiger partial charge < -0.3 is 9.47 Å². The predicted molar refractivity (Wildman–Crippen MR) is 116 cm³/mol. The lowest BCUT2D eigenvalue weighted by Crippen LogP contribution is -2.44. The van der Waals surface area contributed by atoms with Crippen LogP contribution in [-0.2, 0) is 14.3 Å². The summed E-state index contributed by atoms with van der Waals surface area (Å²) in [5.41, 5.74) is 3.45. The van der Waals surface area contributed by atoms with E-state index in [9.17, 15) is 9.59 Å². The molecule has 0 saturated carbocycles. The van der Waals surface area contributed by atoms with E-state index >= 15 is 0 Å². The van der Waals surface area contributed by atoms with Crippen LogP contribution < -0.4 is 9.64 Å². The molecule has 1 atom stereocenters. The van der Waals surface area contributed by atoms with E-state index in [1.807, 2.05) is 67.6 Å². The van der Waals surface area contributed by atoms with E-state index in [-0.39, 0.29) is 11.3 Å². The smallest absolute Gasteiger partial charge is 0.361 e. The lowest BCUT2D eigenvalue weighted by Gasteiger charge is -2.41. The predicted octanol–water partition coefficient (Wildman–Crippen LogP) is 5.15. The second-order valence-electron chi connectivity index (χ2n) is 7.13. The molecule has 148 valence electrons. The Morgan fingerprint density at radius 2 is 1.57 bits per heavy atom. The zero-order valence-corrected chi connectivity index (χ0v) is 17.5. The fraction of sp³-hybridized carbons (Fsp3) is 0.0833. The average molecular weight is 462 g/mol. The molecule has 5 rings (SSSR count). The number of benzene rings is 3. The maximum Gasteiger partial charge on any atom is 0.361 e. The minimum absolute atomic E-state index is 0.182. The molecule has 0 N–H and O–H groups in total. The summed E-state index contributed by atoms with van der Waals surface area (Å²) in [7, 11) is 0. The first-order valence-corrected chi connectivity index (χ1v) is 10.2. The van der Waals surface area contributed by atoms with Crippen molar-refractivity contribution in [2.75, 3.05) is 4.90 Å². The van der Waals surface area contributed by atoms with Crippen LogP contribution in [0.4, 0.5) is 5.69 Å². The first-order valence-electron chi connectivity index (χ1n) is 9.41. The minimum atomic E-state index is -0.788. The Hall–Kier alpha value is -3.38. The molecule has 6 heteroatoms. The van der Waals surface area contributed by atoms with Crippen LogP contribution in [-0.4, -0.2) is 11.9 Å². The third kappa shape index (κ3) is 3.00. The lowest BCUT2D eigenvalue weighted by atomic mass is 9.97. The summed E-state index contributed by atoms with van der Waals surface area (Å²) < 4.78 is 12.4. The van der Waals surface area contributed by atoms with E-state index < -0.39 is 18.2 Å². The van der Waals surface area contributed by atoms with Crippen LogP contribution >= 0.6 is 15.9 Å². The van der Waals surface area contributed by atoms with Gasteiger partial charge in [-0.2, -0.15) is 0 Å². The highest BCUT2D eigenvalue weighted by atomic mass is 79.9. The third-order valence-electron chi connectivity index (χ3n) is 5.15. The van der Waals surface area contributed by atoms with Crippen molar-refractivity contribution in [2.24, 2.45) is 0 Å². The van der Waals surface area contributed by atoms with Crippen LogP contribution in [0.3, 0.4) is 0 Å². The number of carbonyl (C=O) groups excluding carboxylic acids is 2. The van der Waals surface area contributed by atoms with E-state index in [0.29, 0.717) is 17.0 Å². The van der Waals surface area contributed by atoms with E-state index in [0.717, 1.165) is 15.6 Å². The van der Waals surface area contributed by atoms with E-state index in [4.69, 9.17) is 9.47 Å². The highest BCUT2D eigenvalue weighted by Crippen LogP contribution is 2.47. The Labute approximate surface area is 181 Å². The van der Waals surface area contributed by atoms with E-state index in [2.05, 4.69) is 15.9 Å². The molecule has 0 spiro atoms. The van der Waals surface area contributed by atoms with Crippen molar-refractivity contribution in [1.82, 2.24) is 0 Å². The Morgan fingerprint density at radius 3 is 2.30 bits per heavy atom. The average Bonchev–Trinajstić information content (AvgIpc) is 2.75. The van der Waals surface area contributed by atoms with Gasteiger partial charge >= 0.3 is 11.9 Å². The highest BCUT2D eigenvalue weighted by Gasteiger charge is 2.45. The van der Waals surface area contributed by atoms with Gasteiger partial charge in [-0.3, -0.25) is 4.90 Å². The topological polar surface area (TPSA) is 55.8 Å². The van der Waals surface area contributed by atoms with Crippen LogP contribution in [0.1, 0.15) is 22.9 Å². The number of anilines is 1. The number of carbonyl (C=O) groups is 2. The number of fused-ring (bicyclic) bond motifs is 3. The zero-order valence-electron chi connectivity index (χ0n) is 16.0.